The molecule has 0 radical (unpaired) electrons. The van der Waals surface area contributed by atoms with Crippen molar-refractivity contribution in [1.82, 2.24) is 15.4 Å². The summed E-state index contributed by atoms with van der Waals surface area (Å²) < 4.78 is 11.3. The van der Waals surface area contributed by atoms with Gasteiger partial charge in [-0.15, -0.1) is 0 Å². The molecule has 1 aliphatic heterocycles. The summed E-state index contributed by atoms with van der Waals surface area (Å²) in [6.45, 7) is 3.53. The summed E-state index contributed by atoms with van der Waals surface area (Å²) >= 11 is 0. The van der Waals surface area contributed by atoms with Crippen LogP contribution in [0.4, 0.5) is 0 Å². The van der Waals surface area contributed by atoms with E-state index in [-0.39, 0.29) is 29.9 Å². The van der Waals surface area contributed by atoms with Crippen LogP contribution in [0.2, 0.25) is 0 Å². The molecule has 0 spiro atoms. The van der Waals surface area contributed by atoms with Crippen LogP contribution in [0.1, 0.15) is 36.7 Å². The molecule has 1 N–H and O–H groups in total. The maximum atomic E-state index is 13.1. The molecule has 3 atom stereocenters. The zero-order valence-electron chi connectivity index (χ0n) is 16.0. The van der Waals surface area contributed by atoms with Crippen molar-refractivity contribution in [2.45, 2.75) is 38.3 Å². The van der Waals surface area contributed by atoms with Crippen LogP contribution in [-0.2, 0) is 9.53 Å². The lowest BCUT2D eigenvalue weighted by atomic mass is 9.81. The second-order valence-corrected chi connectivity index (χ2v) is 7.32. The summed E-state index contributed by atoms with van der Waals surface area (Å²) in [5.41, 5.74) is 1.17. The molecule has 1 aliphatic carbocycles. The normalized spacial score (nSPS) is 24.5. The number of amides is 2. The molecule has 28 heavy (non-hydrogen) atoms. The Morgan fingerprint density at radius 2 is 2.07 bits per heavy atom. The number of nitrogens with zero attached hydrogens (tertiary/aromatic N) is 2. The van der Waals surface area contributed by atoms with E-state index < -0.39 is 0 Å². The molecule has 1 saturated carbocycles. The predicted molar refractivity (Wildman–Crippen MR) is 103 cm³/mol. The van der Waals surface area contributed by atoms with E-state index in [0.29, 0.717) is 37.6 Å². The van der Waals surface area contributed by atoms with Gasteiger partial charge in [0.05, 0.1) is 18.8 Å². The Balaban J connectivity index is 1.51. The van der Waals surface area contributed by atoms with Crippen molar-refractivity contribution >= 4 is 11.8 Å². The summed E-state index contributed by atoms with van der Waals surface area (Å²) in [6, 6.07) is 11.2. The molecule has 2 aliphatic rings. The van der Waals surface area contributed by atoms with Crippen molar-refractivity contribution < 1.29 is 18.8 Å². The van der Waals surface area contributed by atoms with E-state index in [9.17, 15) is 9.59 Å². The Morgan fingerprint density at radius 1 is 1.25 bits per heavy atom. The lowest BCUT2D eigenvalue weighted by Gasteiger charge is -2.45. The largest absolute Gasteiger partial charge is 0.374 e. The van der Waals surface area contributed by atoms with Gasteiger partial charge in [0.1, 0.15) is 0 Å². The van der Waals surface area contributed by atoms with E-state index in [1.54, 1.807) is 6.07 Å². The average Bonchev–Trinajstić information content (AvgIpc) is 3.23. The number of aromatic nitrogens is 1. The van der Waals surface area contributed by atoms with Gasteiger partial charge in [0, 0.05) is 30.6 Å². The van der Waals surface area contributed by atoms with Gasteiger partial charge in [-0.3, -0.25) is 9.59 Å². The first kappa shape index (κ1) is 18.7. The molecule has 0 bridgehead atoms. The Hall–Kier alpha value is -2.67. The van der Waals surface area contributed by atoms with Crippen LogP contribution < -0.4 is 5.32 Å². The van der Waals surface area contributed by atoms with Crippen LogP contribution >= 0.6 is 0 Å². The minimum atomic E-state index is -0.166. The molecule has 7 nitrogen and oxygen atoms in total. The third kappa shape index (κ3) is 3.67. The smallest absolute Gasteiger partial charge is 0.276 e. The summed E-state index contributed by atoms with van der Waals surface area (Å²) in [5.74, 6) is 0.375. The molecule has 148 valence electrons. The molecule has 4 rings (SSSR count). The van der Waals surface area contributed by atoms with Crippen LogP contribution in [0, 0.1) is 5.92 Å². The molecule has 2 amide bonds. The van der Waals surface area contributed by atoms with Gasteiger partial charge in [0.25, 0.3) is 5.91 Å². The quantitative estimate of drug-likeness (QED) is 0.877. The first-order valence-corrected chi connectivity index (χ1v) is 9.89. The van der Waals surface area contributed by atoms with Crippen LogP contribution in [0.5, 0.6) is 0 Å². The molecule has 1 saturated heterocycles. The third-order valence-electron chi connectivity index (χ3n) is 5.59. The van der Waals surface area contributed by atoms with Gasteiger partial charge in [-0.1, -0.05) is 35.5 Å². The molecular weight excluding hydrogens is 358 g/mol. The molecule has 7 heteroatoms. The van der Waals surface area contributed by atoms with Gasteiger partial charge in [-0.25, -0.2) is 0 Å². The van der Waals surface area contributed by atoms with Gasteiger partial charge in [0.2, 0.25) is 5.91 Å². The van der Waals surface area contributed by atoms with Gasteiger partial charge in [0.15, 0.2) is 11.5 Å². The number of benzene rings is 1. The maximum Gasteiger partial charge on any atom is 0.276 e. The number of hydrogen-bond donors (Lipinski definition) is 1. The zero-order valence-corrected chi connectivity index (χ0v) is 16.0. The number of carbonyl (C=O) groups excluding carboxylic acids is 2. The minimum absolute atomic E-state index is 0.0242. The Kier molecular flexibility index (Phi) is 5.43. The van der Waals surface area contributed by atoms with Gasteiger partial charge >= 0.3 is 0 Å². The van der Waals surface area contributed by atoms with E-state index in [0.717, 1.165) is 18.4 Å². The van der Waals surface area contributed by atoms with Crippen LogP contribution in [0.15, 0.2) is 40.9 Å². The maximum absolute atomic E-state index is 13.1. The highest BCUT2D eigenvalue weighted by Crippen LogP contribution is 2.33. The average molecular weight is 383 g/mol. The number of ether oxygens (including phenoxy) is 1. The number of fused-ring (bicyclic) bond motifs is 1. The molecule has 1 aromatic carbocycles. The zero-order chi connectivity index (χ0) is 19.5. The van der Waals surface area contributed by atoms with Gasteiger partial charge in [-0.2, -0.15) is 0 Å². The summed E-state index contributed by atoms with van der Waals surface area (Å²) in [5, 5.41) is 6.90. The lowest BCUT2D eigenvalue weighted by molar-refractivity contribution is -0.131. The summed E-state index contributed by atoms with van der Waals surface area (Å²) in [7, 11) is 0. The predicted octanol–water partition coefficient (Wildman–Crippen LogP) is 2.49. The second-order valence-electron chi connectivity index (χ2n) is 7.32. The first-order valence-electron chi connectivity index (χ1n) is 9.89. The van der Waals surface area contributed by atoms with Crippen molar-refractivity contribution in [3.63, 3.8) is 0 Å². The van der Waals surface area contributed by atoms with E-state index in [1.807, 2.05) is 42.2 Å². The van der Waals surface area contributed by atoms with E-state index in [1.165, 1.54) is 0 Å². The summed E-state index contributed by atoms with van der Waals surface area (Å²) in [4.78, 5) is 27.3. The fraction of sp³-hybridized carbons (Fsp3) is 0.476. The van der Waals surface area contributed by atoms with Gasteiger partial charge in [-0.05, 0) is 26.2 Å². The van der Waals surface area contributed by atoms with Crippen molar-refractivity contribution in [3.05, 3.63) is 42.1 Å². The van der Waals surface area contributed by atoms with Crippen molar-refractivity contribution in [2.75, 3.05) is 19.7 Å². The SMILES string of the molecule is CCNC(=O)[C@H]1CC[C@H]2OCCN(C(=O)c3cc(-c4ccccc4)on3)[C@@H]2C1. The lowest BCUT2D eigenvalue weighted by Crippen LogP contribution is -2.57. The number of morpholine rings is 1. The number of rotatable bonds is 4. The topological polar surface area (TPSA) is 84.7 Å². The summed E-state index contributed by atoms with van der Waals surface area (Å²) in [6.07, 6.45) is 2.16. The number of hydrogen-bond acceptors (Lipinski definition) is 5. The van der Waals surface area contributed by atoms with E-state index >= 15 is 0 Å². The highest BCUT2D eigenvalue weighted by Gasteiger charge is 2.42. The fourth-order valence-corrected chi connectivity index (χ4v) is 4.18. The van der Waals surface area contributed by atoms with Crippen LogP contribution in [0.25, 0.3) is 11.3 Å². The van der Waals surface area contributed by atoms with Crippen molar-refractivity contribution in [1.29, 1.82) is 0 Å². The van der Waals surface area contributed by atoms with Crippen LogP contribution in [-0.4, -0.2) is 53.7 Å². The molecule has 2 aromatic rings. The molecule has 1 aromatic heterocycles. The number of carbonyl (C=O) groups is 2. The minimum Gasteiger partial charge on any atom is -0.374 e. The molecule has 2 heterocycles. The monoisotopic (exact) mass is 383 g/mol. The Labute approximate surface area is 164 Å². The van der Waals surface area contributed by atoms with Crippen LogP contribution in [0.3, 0.4) is 0 Å². The van der Waals surface area contributed by atoms with Crippen molar-refractivity contribution in [3.8, 4) is 11.3 Å². The highest BCUT2D eigenvalue weighted by molar-refractivity contribution is 5.93. The number of nitrogens with one attached hydrogen (secondary N) is 1. The Morgan fingerprint density at radius 3 is 2.86 bits per heavy atom. The fourth-order valence-electron chi connectivity index (χ4n) is 4.18. The third-order valence-corrected chi connectivity index (χ3v) is 5.59. The first-order chi connectivity index (χ1) is 13.7. The molecule has 0 unspecified atom stereocenters. The molecule has 2 fully saturated rings. The van der Waals surface area contributed by atoms with Gasteiger partial charge < -0.3 is 19.5 Å². The molecular formula is C21H25N3O4. The Bertz CT molecular complexity index is 835. The standard InChI is InChI=1S/C21H25N3O4/c1-2-22-20(25)15-8-9-18-17(12-15)24(10-11-27-18)21(26)16-13-19(28-23-16)14-6-4-3-5-7-14/h3-7,13,15,17-18H,2,8-12H2,1H3,(H,22,25)/t15-,17+,18+/m0/s1. The second kappa shape index (κ2) is 8.14. The van der Waals surface area contributed by atoms with Crippen molar-refractivity contribution in [2.24, 2.45) is 5.92 Å². The van der Waals surface area contributed by atoms with E-state index in [4.69, 9.17) is 9.26 Å². The van der Waals surface area contributed by atoms with E-state index in [2.05, 4.69) is 10.5 Å². The highest BCUT2D eigenvalue weighted by atomic mass is 16.5.